The van der Waals surface area contributed by atoms with Crippen molar-refractivity contribution in [2.24, 2.45) is 0 Å². The first kappa shape index (κ1) is 21.6. The van der Waals surface area contributed by atoms with E-state index in [0.717, 1.165) is 18.6 Å². The Morgan fingerprint density at radius 3 is 2.40 bits per heavy atom. The van der Waals surface area contributed by atoms with E-state index in [2.05, 4.69) is 10.0 Å². The Morgan fingerprint density at radius 1 is 0.933 bits per heavy atom. The van der Waals surface area contributed by atoms with Crippen molar-refractivity contribution in [3.63, 3.8) is 0 Å². The lowest BCUT2D eigenvalue weighted by Gasteiger charge is -2.08. The molecule has 7 nitrogen and oxygen atoms in total. The van der Waals surface area contributed by atoms with Gasteiger partial charge in [-0.25, -0.2) is 13.1 Å². The number of carbonyl (C=O) groups excluding carboxylic acids is 1. The minimum atomic E-state index is -3.68. The molecule has 3 aromatic rings. The van der Waals surface area contributed by atoms with Crippen LogP contribution >= 0.6 is 0 Å². The van der Waals surface area contributed by atoms with Gasteiger partial charge < -0.3 is 14.5 Å². The lowest BCUT2D eigenvalue weighted by Crippen LogP contribution is -2.25. The lowest BCUT2D eigenvalue weighted by molar-refractivity contribution is 0.0952. The molecule has 2 aromatic carbocycles. The highest BCUT2D eigenvalue weighted by atomic mass is 32.2. The van der Waals surface area contributed by atoms with E-state index >= 15 is 0 Å². The lowest BCUT2D eigenvalue weighted by atomic mass is 10.2. The number of sulfonamides is 1. The molecule has 0 aliphatic carbocycles. The van der Waals surface area contributed by atoms with Crippen LogP contribution in [-0.2, 0) is 16.6 Å². The Bertz CT molecular complexity index is 1020. The van der Waals surface area contributed by atoms with Crippen molar-refractivity contribution in [2.75, 3.05) is 13.2 Å². The first-order valence-corrected chi connectivity index (χ1v) is 11.1. The fraction of sp³-hybridized carbons (Fsp3) is 0.227. The summed E-state index contributed by atoms with van der Waals surface area (Å²) in [6.45, 7) is 1.16. The molecule has 0 bridgehead atoms. The van der Waals surface area contributed by atoms with Crippen molar-refractivity contribution in [1.29, 1.82) is 0 Å². The predicted molar refractivity (Wildman–Crippen MR) is 113 cm³/mol. The summed E-state index contributed by atoms with van der Waals surface area (Å²) in [4.78, 5) is 12.3. The number of hydrogen-bond acceptors (Lipinski definition) is 5. The number of ether oxygens (including phenoxy) is 1. The molecule has 0 aliphatic heterocycles. The van der Waals surface area contributed by atoms with Crippen LogP contribution in [0.4, 0.5) is 0 Å². The molecule has 1 heterocycles. The van der Waals surface area contributed by atoms with E-state index in [0.29, 0.717) is 24.5 Å². The molecule has 0 aliphatic rings. The number of unbranched alkanes of at least 4 members (excludes halogenated alkanes) is 1. The summed E-state index contributed by atoms with van der Waals surface area (Å²) in [6, 6.07) is 18.8. The van der Waals surface area contributed by atoms with Gasteiger partial charge in [-0.3, -0.25) is 4.79 Å². The van der Waals surface area contributed by atoms with Crippen LogP contribution in [0.5, 0.6) is 5.75 Å². The molecule has 0 spiro atoms. The zero-order valence-electron chi connectivity index (χ0n) is 16.4. The number of rotatable bonds is 11. The zero-order chi connectivity index (χ0) is 21.2. The van der Waals surface area contributed by atoms with Gasteiger partial charge in [-0.2, -0.15) is 0 Å². The van der Waals surface area contributed by atoms with Crippen molar-refractivity contribution >= 4 is 15.9 Å². The fourth-order valence-corrected chi connectivity index (χ4v) is 3.68. The Balaban J connectivity index is 1.39. The molecule has 30 heavy (non-hydrogen) atoms. The van der Waals surface area contributed by atoms with E-state index in [9.17, 15) is 13.2 Å². The van der Waals surface area contributed by atoms with Crippen LogP contribution in [-0.4, -0.2) is 27.5 Å². The summed E-state index contributed by atoms with van der Waals surface area (Å²) in [5.74, 6) is 1.10. The average Bonchev–Trinajstić information content (AvgIpc) is 3.29. The second-order valence-electron chi connectivity index (χ2n) is 6.55. The molecule has 158 valence electrons. The van der Waals surface area contributed by atoms with E-state index in [1.165, 1.54) is 30.5 Å². The van der Waals surface area contributed by atoms with Gasteiger partial charge in [0.25, 0.3) is 5.91 Å². The summed E-state index contributed by atoms with van der Waals surface area (Å²) in [6.07, 6.45) is 3.07. The zero-order valence-corrected chi connectivity index (χ0v) is 17.2. The van der Waals surface area contributed by atoms with E-state index in [1.54, 1.807) is 12.1 Å². The monoisotopic (exact) mass is 428 g/mol. The minimum Gasteiger partial charge on any atom is -0.494 e. The van der Waals surface area contributed by atoms with Crippen molar-refractivity contribution in [3.05, 3.63) is 84.3 Å². The van der Waals surface area contributed by atoms with Crippen LogP contribution in [0.3, 0.4) is 0 Å². The Hall–Kier alpha value is -3.10. The highest BCUT2D eigenvalue weighted by Gasteiger charge is 2.15. The summed E-state index contributed by atoms with van der Waals surface area (Å²) >= 11 is 0. The Morgan fingerprint density at radius 2 is 1.70 bits per heavy atom. The Kier molecular flexibility index (Phi) is 7.64. The average molecular weight is 429 g/mol. The SMILES string of the molecule is O=C(NCCCCOc1ccccc1)c1ccc(S(=O)(=O)NCc2ccco2)cc1. The van der Waals surface area contributed by atoms with Gasteiger partial charge in [0.05, 0.1) is 24.3 Å². The normalized spacial score (nSPS) is 11.2. The highest BCUT2D eigenvalue weighted by Crippen LogP contribution is 2.12. The van der Waals surface area contributed by atoms with Crippen LogP contribution in [0.2, 0.25) is 0 Å². The van der Waals surface area contributed by atoms with E-state index in [1.807, 2.05) is 30.3 Å². The first-order valence-electron chi connectivity index (χ1n) is 9.63. The minimum absolute atomic E-state index is 0.0611. The van der Waals surface area contributed by atoms with Gasteiger partial charge in [-0.1, -0.05) is 18.2 Å². The standard InChI is InChI=1S/C22H24N2O5S/c25-22(23-14-4-5-15-28-19-7-2-1-3-8-19)18-10-12-21(13-11-18)30(26,27)24-17-20-9-6-16-29-20/h1-3,6-13,16,24H,4-5,14-15,17H2,(H,23,25). The molecule has 2 N–H and O–H groups in total. The summed E-state index contributed by atoms with van der Waals surface area (Å²) < 4.78 is 37.8. The topological polar surface area (TPSA) is 97.6 Å². The Labute approximate surface area is 176 Å². The highest BCUT2D eigenvalue weighted by molar-refractivity contribution is 7.89. The third-order valence-electron chi connectivity index (χ3n) is 4.31. The largest absolute Gasteiger partial charge is 0.494 e. The predicted octanol–water partition coefficient (Wildman–Crippen LogP) is 3.35. The van der Waals surface area contributed by atoms with Gasteiger partial charge in [0.2, 0.25) is 10.0 Å². The van der Waals surface area contributed by atoms with Crippen LogP contribution in [0, 0.1) is 0 Å². The third kappa shape index (κ3) is 6.47. The first-order chi connectivity index (χ1) is 14.5. The van der Waals surface area contributed by atoms with Gasteiger partial charge in [-0.05, 0) is 61.4 Å². The molecule has 1 aromatic heterocycles. The third-order valence-corrected chi connectivity index (χ3v) is 5.73. The number of carbonyl (C=O) groups is 1. The second-order valence-corrected chi connectivity index (χ2v) is 8.32. The van der Waals surface area contributed by atoms with E-state index in [-0.39, 0.29) is 17.3 Å². The molecule has 8 heteroatoms. The molecular weight excluding hydrogens is 404 g/mol. The van der Waals surface area contributed by atoms with Gasteiger partial charge in [-0.15, -0.1) is 0 Å². The summed E-state index contributed by atoms with van der Waals surface area (Å²) in [7, 11) is -3.68. The van der Waals surface area contributed by atoms with Gasteiger partial charge >= 0.3 is 0 Å². The molecule has 0 unspecified atom stereocenters. The fourth-order valence-electron chi connectivity index (χ4n) is 2.69. The van der Waals surface area contributed by atoms with Gasteiger partial charge in [0.1, 0.15) is 11.5 Å². The smallest absolute Gasteiger partial charge is 0.251 e. The van der Waals surface area contributed by atoms with E-state index in [4.69, 9.17) is 9.15 Å². The molecule has 0 fully saturated rings. The molecule has 0 radical (unpaired) electrons. The van der Waals surface area contributed by atoms with Gasteiger partial charge in [0.15, 0.2) is 0 Å². The number of hydrogen-bond donors (Lipinski definition) is 2. The maximum Gasteiger partial charge on any atom is 0.251 e. The van der Waals surface area contributed by atoms with Crippen LogP contribution < -0.4 is 14.8 Å². The van der Waals surface area contributed by atoms with Crippen molar-refractivity contribution in [2.45, 2.75) is 24.3 Å². The number of amides is 1. The number of nitrogens with one attached hydrogen (secondary N) is 2. The summed E-state index contributed by atoms with van der Waals surface area (Å²) in [5.41, 5.74) is 0.403. The van der Waals surface area contributed by atoms with Crippen LogP contribution in [0.25, 0.3) is 0 Å². The van der Waals surface area contributed by atoms with Crippen LogP contribution in [0.1, 0.15) is 29.0 Å². The maximum atomic E-state index is 12.3. The number of furan rings is 1. The number of benzene rings is 2. The maximum absolute atomic E-state index is 12.3. The molecule has 3 rings (SSSR count). The quantitative estimate of drug-likeness (QED) is 0.457. The molecule has 1 amide bonds. The van der Waals surface area contributed by atoms with Crippen LogP contribution in [0.15, 0.2) is 82.3 Å². The van der Waals surface area contributed by atoms with Crippen molar-refractivity contribution < 1.29 is 22.4 Å². The molecular formula is C22H24N2O5S. The molecule has 0 saturated heterocycles. The van der Waals surface area contributed by atoms with Crippen molar-refractivity contribution in [1.82, 2.24) is 10.0 Å². The van der Waals surface area contributed by atoms with Crippen molar-refractivity contribution in [3.8, 4) is 5.75 Å². The second kappa shape index (κ2) is 10.6. The van der Waals surface area contributed by atoms with Gasteiger partial charge in [0, 0.05) is 12.1 Å². The van der Waals surface area contributed by atoms with E-state index < -0.39 is 10.0 Å². The summed E-state index contributed by atoms with van der Waals surface area (Å²) in [5, 5.41) is 2.83. The molecule has 0 saturated carbocycles. The number of para-hydroxylation sites is 1. The molecule has 0 atom stereocenters.